The molecule has 0 N–H and O–H groups in total. The Kier molecular flexibility index (Phi) is 2.21. The standard InChI is InChI=1S/C8H10N2O/c1-7(10(2)11)8-3-5-9-6-4-8/h3-6H,1-2H3/b10-7-. The number of pyridine rings is 1. The summed E-state index contributed by atoms with van der Waals surface area (Å²) in [5, 5.41) is 10.8. The summed E-state index contributed by atoms with van der Waals surface area (Å²) in [6.07, 6.45) is 3.34. The molecule has 1 aromatic rings. The zero-order valence-corrected chi connectivity index (χ0v) is 6.61. The fraction of sp³-hybridized carbons (Fsp3) is 0.250. The maximum Gasteiger partial charge on any atom is 0.191 e. The first-order chi connectivity index (χ1) is 5.22. The van der Waals surface area contributed by atoms with E-state index in [4.69, 9.17) is 0 Å². The van der Waals surface area contributed by atoms with Gasteiger partial charge in [0, 0.05) is 24.9 Å². The third-order valence-corrected chi connectivity index (χ3v) is 1.57. The molecule has 0 unspecified atom stereocenters. The van der Waals surface area contributed by atoms with Gasteiger partial charge in [0.15, 0.2) is 5.71 Å². The second-order valence-electron chi connectivity index (χ2n) is 2.32. The van der Waals surface area contributed by atoms with Crippen LogP contribution in [0.3, 0.4) is 0 Å². The van der Waals surface area contributed by atoms with Crippen LogP contribution in [-0.4, -0.2) is 22.5 Å². The molecule has 1 heterocycles. The Balaban J connectivity index is 3.04. The second kappa shape index (κ2) is 3.14. The Labute approximate surface area is 65.6 Å². The van der Waals surface area contributed by atoms with Crippen molar-refractivity contribution in [1.82, 2.24) is 4.98 Å². The van der Waals surface area contributed by atoms with E-state index >= 15 is 0 Å². The molecule has 11 heavy (non-hydrogen) atoms. The molecule has 3 nitrogen and oxygen atoms in total. The Morgan fingerprint density at radius 2 is 2.00 bits per heavy atom. The number of nitrogens with zero attached hydrogens (tertiary/aromatic N) is 2. The van der Waals surface area contributed by atoms with E-state index in [0.29, 0.717) is 5.71 Å². The summed E-state index contributed by atoms with van der Waals surface area (Å²) in [5.74, 6) is 0. The molecule has 3 heteroatoms. The number of aromatic nitrogens is 1. The normalized spacial score (nSPS) is 12.5. The van der Waals surface area contributed by atoms with Crippen LogP contribution in [0.25, 0.3) is 0 Å². The highest BCUT2D eigenvalue weighted by Gasteiger charge is 2.00. The summed E-state index contributed by atoms with van der Waals surface area (Å²) in [6.45, 7) is 1.78. The monoisotopic (exact) mass is 150 g/mol. The molecule has 1 rings (SSSR count). The van der Waals surface area contributed by atoms with Crippen molar-refractivity contribution in [3.8, 4) is 0 Å². The molecule has 0 aliphatic rings. The molecular formula is C8H10N2O. The van der Waals surface area contributed by atoms with Crippen LogP contribution in [0.2, 0.25) is 0 Å². The van der Waals surface area contributed by atoms with Crippen molar-refractivity contribution in [2.45, 2.75) is 6.92 Å². The third kappa shape index (κ3) is 1.77. The van der Waals surface area contributed by atoms with Crippen LogP contribution in [-0.2, 0) is 0 Å². The number of hydroxylamine groups is 1. The molecule has 0 atom stereocenters. The molecule has 1 aromatic heterocycles. The molecule has 0 aromatic carbocycles. The van der Waals surface area contributed by atoms with Gasteiger partial charge in [-0.1, -0.05) is 0 Å². The molecule has 0 saturated heterocycles. The SMILES string of the molecule is C/C(c1ccncc1)=[N+](\C)[O-]. The summed E-state index contributed by atoms with van der Waals surface area (Å²) in [6, 6.07) is 3.62. The molecule has 0 radical (unpaired) electrons. The number of hydrogen-bond acceptors (Lipinski definition) is 2. The van der Waals surface area contributed by atoms with Gasteiger partial charge < -0.3 is 5.21 Å². The second-order valence-corrected chi connectivity index (χ2v) is 2.32. The van der Waals surface area contributed by atoms with E-state index < -0.39 is 0 Å². The summed E-state index contributed by atoms with van der Waals surface area (Å²) < 4.78 is 0.843. The van der Waals surface area contributed by atoms with Crippen molar-refractivity contribution in [3.05, 3.63) is 35.3 Å². The van der Waals surface area contributed by atoms with Gasteiger partial charge in [-0.3, -0.25) is 4.98 Å². The van der Waals surface area contributed by atoms with Crippen molar-refractivity contribution in [2.75, 3.05) is 7.05 Å². The lowest BCUT2D eigenvalue weighted by atomic mass is 10.2. The summed E-state index contributed by atoms with van der Waals surface area (Å²) in [7, 11) is 1.48. The van der Waals surface area contributed by atoms with E-state index in [1.54, 1.807) is 19.3 Å². The van der Waals surface area contributed by atoms with Gasteiger partial charge in [-0.2, -0.15) is 0 Å². The van der Waals surface area contributed by atoms with Crippen molar-refractivity contribution >= 4 is 5.71 Å². The minimum Gasteiger partial charge on any atom is -0.624 e. The van der Waals surface area contributed by atoms with Gasteiger partial charge in [0.2, 0.25) is 0 Å². The van der Waals surface area contributed by atoms with E-state index in [1.165, 1.54) is 7.05 Å². The average molecular weight is 150 g/mol. The molecule has 0 amide bonds. The molecule has 0 bridgehead atoms. The van der Waals surface area contributed by atoms with Gasteiger partial charge in [-0.25, -0.2) is 4.74 Å². The zero-order valence-electron chi connectivity index (χ0n) is 6.61. The molecular weight excluding hydrogens is 140 g/mol. The van der Waals surface area contributed by atoms with Crippen LogP contribution in [0.5, 0.6) is 0 Å². The molecule has 0 aliphatic carbocycles. The highest BCUT2D eigenvalue weighted by molar-refractivity contribution is 5.94. The largest absolute Gasteiger partial charge is 0.624 e. The first kappa shape index (κ1) is 7.72. The van der Waals surface area contributed by atoms with E-state index in [2.05, 4.69) is 4.98 Å². The van der Waals surface area contributed by atoms with Crippen LogP contribution in [0.4, 0.5) is 0 Å². The van der Waals surface area contributed by atoms with Gasteiger partial charge in [0.05, 0.1) is 0 Å². The van der Waals surface area contributed by atoms with E-state index in [9.17, 15) is 5.21 Å². The van der Waals surface area contributed by atoms with E-state index in [-0.39, 0.29) is 0 Å². The van der Waals surface area contributed by atoms with Crippen LogP contribution < -0.4 is 0 Å². The van der Waals surface area contributed by atoms with Gasteiger partial charge >= 0.3 is 0 Å². The van der Waals surface area contributed by atoms with Crippen LogP contribution in [0, 0.1) is 5.21 Å². The smallest absolute Gasteiger partial charge is 0.191 e. The minimum absolute atomic E-state index is 0.701. The van der Waals surface area contributed by atoms with Crippen molar-refractivity contribution in [1.29, 1.82) is 0 Å². The zero-order chi connectivity index (χ0) is 8.27. The Hall–Kier alpha value is -1.38. The van der Waals surface area contributed by atoms with E-state index in [0.717, 1.165) is 10.3 Å². The predicted molar refractivity (Wildman–Crippen MR) is 43.6 cm³/mol. The van der Waals surface area contributed by atoms with Crippen molar-refractivity contribution in [2.24, 2.45) is 0 Å². The van der Waals surface area contributed by atoms with Crippen LogP contribution in [0.15, 0.2) is 24.5 Å². The molecule has 0 aliphatic heterocycles. The maximum absolute atomic E-state index is 10.8. The Morgan fingerprint density at radius 1 is 1.45 bits per heavy atom. The van der Waals surface area contributed by atoms with Crippen molar-refractivity contribution < 1.29 is 4.74 Å². The van der Waals surface area contributed by atoms with Gasteiger partial charge in [0.25, 0.3) is 0 Å². The maximum atomic E-state index is 10.8. The van der Waals surface area contributed by atoms with Gasteiger partial charge in [-0.05, 0) is 12.1 Å². The number of rotatable bonds is 1. The van der Waals surface area contributed by atoms with Gasteiger partial charge in [-0.15, -0.1) is 0 Å². The fourth-order valence-electron chi connectivity index (χ4n) is 0.775. The highest BCUT2D eigenvalue weighted by Crippen LogP contribution is 1.97. The highest BCUT2D eigenvalue weighted by atomic mass is 16.5. The average Bonchev–Trinajstić information content (AvgIpc) is 2.05. The predicted octanol–water partition coefficient (Wildman–Crippen LogP) is 1.03. The van der Waals surface area contributed by atoms with Crippen LogP contribution >= 0.6 is 0 Å². The first-order valence-electron chi connectivity index (χ1n) is 3.36. The lowest BCUT2D eigenvalue weighted by molar-refractivity contribution is -0.422. The summed E-state index contributed by atoms with van der Waals surface area (Å²) in [5.41, 5.74) is 1.62. The molecule has 0 fully saturated rings. The Morgan fingerprint density at radius 3 is 2.45 bits per heavy atom. The third-order valence-electron chi connectivity index (χ3n) is 1.57. The fourth-order valence-corrected chi connectivity index (χ4v) is 0.775. The molecule has 58 valence electrons. The quantitative estimate of drug-likeness (QED) is 0.259. The molecule has 0 spiro atoms. The lowest BCUT2D eigenvalue weighted by Crippen LogP contribution is -2.08. The summed E-state index contributed by atoms with van der Waals surface area (Å²) >= 11 is 0. The van der Waals surface area contributed by atoms with Gasteiger partial charge in [0.1, 0.15) is 7.05 Å². The topological polar surface area (TPSA) is 39.0 Å². The molecule has 0 saturated carbocycles. The van der Waals surface area contributed by atoms with Crippen LogP contribution in [0.1, 0.15) is 12.5 Å². The first-order valence-corrected chi connectivity index (χ1v) is 3.36. The van der Waals surface area contributed by atoms with Crippen molar-refractivity contribution in [3.63, 3.8) is 0 Å². The Bertz CT molecular complexity index is 263. The number of hydrogen-bond donors (Lipinski definition) is 0. The van der Waals surface area contributed by atoms with E-state index in [1.807, 2.05) is 12.1 Å². The minimum atomic E-state index is 0.701. The lowest BCUT2D eigenvalue weighted by Gasteiger charge is -2.01. The summed E-state index contributed by atoms with van der Waals surface area (Å²) in [4.78, 5) is 3.85.